The molecule has 1 aliphatic carbocycles. The molecule has 164 valence electrons. The first kappa shape index (κ1) is 25.1. The van der Waals surface area contributed by atoms with Gasteiger partial charge in [-0.05, 0) is 38.5 Å². The summed E-state index contributed by atoms with van der Waals surface area (Å²) in [6.07, 6.45) is 18.7. The van der Waals surface area contributed by atoms with E-state index in [1.165, 1.54) is 51.4 Å². The van der Waals surface area contributed by atoms with Gasteiger partial charge in [-0.3, -0.25) is 14.5 Å². The Labute approximate surface area is 174 Å². The van der Waals surface area contributed by atoms with Gasteiger partial charge in [0.2, 0.25) is 11.8 Å². The fourth-order valence-electron chi connectivity index (χ4n) is 4.34. The predicted octanol–water partition coefficient (Wildman–Crippen LogP) is 6.11. The van der Waals surface area contributed by atoms with Gasteiger partial charge in [0.15, 0.2) is 0 Å². The number of carbonyl (C=O) groups is 2. The van der Waals surface area contributed by atoms with Crippen molar-refractivity contribution < 1.29 is 9.59 Å². The quantitative estimate of drug-likeness (QED) is 0.341. The molecule has 28 heavy (non-hydrogen) atoms. The Bertz CT molecular complexity index is 397. The molecule has 0 heterocycles. The third-order valence-electron chi connectivity index (χ3n) is 6.08. The fraction of sp³-hybridized carbons (Fsp3) is 0.917. The van der Waals surface area contributed by atoms with Gasteiger partial charge in [0.1, 0.15) is 0 Å². The molecule has 0 spiro atoms. The van der Waals surface area contributed by atoms with E-state index in [4.69, 9.17) is 5.73 Å². The number of nitrogens with zero attached hydrogens (tertiary/aromatic N) is 1. The third kappa shape index (κ3) is 10.6. The van der Waals surface area contributed by atoms with Gasteiger partial charge >= 0.3 is 0 Å². The molecule has 4 nitrogen and oxygen atoms in total. The first-order valence-electron chi connectivity index (χ1n) is 12.2. The molecular weight excluding hydrogens is 348 g/mol. The van der Waals surface area contributed by atoms with Crippen LogP contribution in [-0.2, 0) is 9.59 Å². The largest absolute Gasteiger partial charge is 0.328 e. The first-order chi connectivity index (χ1) is 13.6. The van der Waals surface area contributed by atoms with Crippen LogP contribution >= 0.6 is 0 Å². The van der Waals surface area contributed by atoms with E-state index < -0.39 is 0 Å². The number of nitrogens with two attached hydrogens (primary N) is 1. The van der Waals surface area contributed by atoms with Gasteiger partial charge in [0, 0.05) is 24.9 Å². The molecule has 1 fully saturated rings. The van der Waals surface area contributed by atoms with E-state index in [1.807, 2.05) is 0 Å². The summed E-state index contributed by atoms with van der Waals surface area (Å²) in [5, 5.41) is 0. The number of unbranched alkanes of at least 4 members (excludes halogenated alkanes) is 10. The zero-order valence-electron chi connectivity index (χ0n) is 18.7. The molecule has 0 bridgehead atoms. The maximum Gasteiger partial charge on any atom is 0.229 e. The smallest absolute Gasteiger partial charge is 0.229 e. The molecular formula is C24H46N2O2. The maximum absolute atomic E-state index is 12.9. The van der Waals surface area contributed by atoms with E-state index in [0.717, 1.165) is 51.4 Å². The second-order valence-electron chi connectivity index (χ2n) is 8.77. The highest BCUT2D eigenvalue weighted by molar-refractivity contribution is 5.95. The summed E-state index contributed by atoms with van der Waals surface area (Å²) in [5.74, 6) is 0.0937. The standard InChI is InChI=1S/C24H46N2O2/c1-3-5-7-9-11-13-18-23(27)26(22-17-15-16-21(25)20-22)24(28)19-14-12-10-8-6-4-2/h21-22H,3-20,25H2,1-2H3. The second kappa shape index (κ2) is 16.0. The molecule has 1 aliphatic rings. The minimum absolute atomic E-state index is 0.0314. The summed E-state index contributed by atoms with van der Waals surface area (Å²) in [4.78, 5) is 27.5. The lowest BCUT2D eigenvalue weighted by molar-refractivity contribution is -0.148. The number of rotatable bonds is 15. The highest BCUT2D eigenvalue weighted by Crippen LogP contribution is 2.24. The van der Waals surface area contributed by atoms with Crippen molar-refractivity contribution in [2.75, 3.05) is 0 Å². The molecule has 2 amide bonds. The third-order valence-corrected chi connectivity index (χ3v) is 6.08. The number of hydrogen-bond acceptors (Lipinski definition) is 3. The summed E-state index contributed by atoms with van der Waals surface area (Å²) in [7, 11) is 0. The summed E-state index contributed by atoms with van der Waals surface area (Å²) >= 11 is 0. The van der Waals surface area contributed by atoms with Gasteiger partial charge in [-0.1, -0.05) is 78.1 Å². The summed E-state index contributed by atoms with van der Waals surface area (Å²) in [5.41, 5.74) is 6.15. The molecule has 0 aliphatic heterocycles. The Balaban J connectivity index is 2.48. The Morgan fingerprint density at radius 3 is 1.68 bits per heavy atom. The van der Waals surface area contributed by atoms with E-state index in [-0.39, 0.29) is 23.9 Å². The second-order valence-corrected chi connectivity index (χ2v) is 8.77. The van der Waals surface area contributed by atoms with Gasteiger partial charge in [-0.15, -0.1) is 0 Å². The van der Waals surface area contributed by atoms with Crippen molar-refractivity contribution in [1.29, 1.82) is 0 Å². The molecule has 2 atom stereocenters. The molecule has 1 rings (SSSR count). The number of amides is 2. The van der Waals surface area contributed by atoms with Gasteiger partial charge in [0.05, 0.1) is 0 Å². The van der Waals surface area contributed by atoms with Crippen LogP contribution in [-0.4, -0.2) is 28.8 Å². The summed E-state index contributed by atoms with van der Waals surface area (Å²) in [6.45, 7) is 4.43. The topological polar surface area (TPSA) is 63.4 Å². The SMILES string of the molecule is CCCCCCCCC(=O)N(C(=O)CCCCCCCC)C1CCCC(N)C1. The molecule has 0 aromatic heterocycles. The van der Waals surface area contributed by atoms with Crippen LogP contribution in [0.5, 0.6) is 0 Å². The van der Waals surface area contributed by atoms with Crippen molar-refractivity contribution in [3.05, 3.63) is 0 Å². The van der Waals surface area contributed by atoms with E-state index in [0.29, 0.717) is 12.8 Å². The van der Waals surface area contributed by atoms with Crippen LogP contribution in [0.25, 0.3) is 0 Å². The lowest BCUT2D eigenvalue weighted by Crippen LogP contribution is -2.48. The first-order valence-corrected chi connectivity index (χ1v) is 12.2. The van der Waals surface area contributed by atoms with Crippen LogP contribution in [0.2, 0.25) is 0 Å². The van der Waals surface area contributed by atoms with E-state index in [1.54, 1.807) is 4.90 Å². The van der Waals surface area contributed by atoms with Gasteiger partial charge in [-0.2, -0.15) is 0 Å². The fourth-order valence-corrected chi connectivity index (χ4v) is 4.34. The minimum atomic E-state index is 0.0314. The van der Waals surface area contributed by atoms with Gasteiger partial charge < -0.3 is 5.73 Å². The molecule has 0 aromatic carbocycles. The van der Waals surface area contributed by atoms with Crippen LogP contribution in [0, 0.1) is 0 Å². The number of carbonyl (C=O) groups excluding carboxylic acids is 2. The van der Waals surface area contributed by atoms with Gasteiger partial charge in [-0.25, -0.2) is 0 Å². The molecule has 1 saturated carbocycles. The van der Waals surface area contributed by atoms with Crippen LogP contribution in [0.15, 0.2) is 0 Å². The Hall–Kier alpha value is -0.900. The van der Waals surface area contributed by atoms with Crippen molar-refractivity contribution in [2.24, 2.45) is 5.73 Å². The van der Waals surface area contributed by atoms with E-state index in [2.05, 4.69) is 13.8 Å². The van der Waals surface area contributed by atoms with Crippen LogP contribution in [0.1, 0.15) is 129 Å². The molecule has 0 radical (unpaired) electrons. The van der Waals surface area contributed by atoms with Crippen LogP contribution in [0.4, 0.5) is 0 Å². The monoisotopic (exact) mass is 394 g/mol. The minimum Gasteiger partial charge on any atom is -0.328 e. The number of hydrogen-bond donors (Lipinski definition) is 1. The average molecular weight is 395 g/mol. The van der Waals surface area contributed by atoms with Crippen molar-refractivity contribution in [3.8, 4) is 0 Å². The highest BCUT2D eigenvalue weighted by atomic mass is 16.2. The van der Waals surface area contributed by atoms with Crippen molar-refractivity contribution in [3.63, 3.8) is 0 Å². The summed E-state index contributed by atoms with van der Waals surface area (Å²) < 4.78 is 0. The zero-order valence-corrected chi connectivity index (χ0v) is 18.7. The Morgan fingerprint density at radius 1 is 0.750 bits per heavy atom. The molecule has 0 aromatic rings. The Morgan fingerprint density at radius 2 is 1.21 bits per heavy atom. The van der Waals surface area contributed by atoms with Crippen LogP contribution < -0.4 is 5.73 Å². The van der Waals surface area contributed by atoms with Crippen molar-refractivity contribution in [2.45, 2.75) is 142 Å². The maximum atomic E-state index is 12.9. The average Bonchev–Trinajstić information content (AvgIpc) is 2.67. The highest BCUT2D eigenvalue weighted by Gasteiger charge is 2.32. The van der Waals surface area contributed by atoms with Gasteiger partial charge in [0.25, 0.3) is 0 Å². The Kier molecular flexibility index (Phi) is 14.3. The lowest BCUT2D eigenvalue weighted by atomic mass is 9.90. The molecule has 4 heteroatoms. The predicted molar refractivity (Wildman–Crippen MR) is 118 cm³/mol. The molecule has 2 unspecified atom stereocenters. The number of imide groups is 1. The zero-order chi connectivity index (χ0) is 20.6. The van der Waals surface area contributed by atoms with E-state index >= 15 is 0 Å². The lowest BCUT2D eigenvalue weighted by Gasteiger charge is -2.35. The molecule has 2 N–H and O–H groups in total. The van der Waals surface area contributed by atoms with Crippen molar-refractivity contribution in [1.82, 2.24) is 4.90 Å². The molecule has 0 saturated heterocycles. The summed E-state index contributed by atoms with van der Waals surface area (Å²) in [6, 6.07) is 0.161. The van der Waals surface area contributed by atoms with Crippen molar-refractivity contribution >= 4 is 11.8 Å². The van der Waals surface area contributed by atoms with E-state index in [9.17, 15) is 9.59 Å². The van der Waals surface area contributed by atoms with Crippen LogP contribution in [0.3, 0.4) is 0 Å². The normalized spacial score (nSPS) is 19.5.